The molecule has 2 aromatic carbocycles. The number of esters is 1. The third-order valence-electron chi connectivity index (χ3n) is 4.92. The van der Waals surface area contributed by atoms with E-state index in [1.165, 1.54) is 5.56 Å². The van der Waals surface area contributed by atoms with Crippen molar-refractivity contribution in [1.82, 2.24) is 4.57 Å². The molecule has 1 aliphatic rings. The molecule has 25 heavy (non-hydrogen) atoms. The van der Waals surface area contributed by atoms with E-state index in [-0.39, 0.29) is 12.1 Å². The number of benzene rings is 2. The molecule has 1 heterocycles. The number of hydrogen-bond acceptors (Lipinski definition) is 2. The second-order valence-corrected chi connectivity index (χ2v) is 7.89. The summed E-state index contributed by atoms with van der Waals surface area (Å²) in [6, 6.07) is 15.8. The SMILES string of the molecule is Cn1c(C(=O)OC2CC(c3ccc(Br)cc3)C2)cc2cc(Cl)ccc21. The van der Waals surface area contributed by atoms with Crippen LogP contribution in [0.1, 0.15) is 34.8 Å². The molecule has 0 N–H and O–H groups in total. The van der Waals surface area contributed by atoms with E-state index in [2.05, 4.69) is 40.2 Å². The molecule has 128 valence electrons. The van der Waals surface area contributed by atoms with Crippen LogP contribution in [0.25, 0.3) is 10.9 Å². The van der Waals surface area contributed by atoms with Crippen molar-refractivity contribution in [2.45, 2.75) is 24.9 Å². The number of aromatic nitrogens is 1. The topological polar surface area (TPSA) is 31.2 Å². The first-order chi connectivity index (χ1) is 12.0. The van der Waals surface area contributed by atoms with E-state index in [0.717, 1.165) is 28.2 Å². The van der Waals surface area contributed by atoms with E-state index in [9.17, 15) is 4.79 Å². The average Bonchev–Trinajstić information content (AvgIpc) is 2.88. The van der Waals surface area contributed by atoms with Gasteiger partial charge in [-0.2, -0.15) is 0 Å². The van der Waals surface area contributed by atoms with Crippen molar-refractivity contribution in [3.8, 4) is 0 Å². The van der Waals surface area contributed by atoms with Crippen molar-refractivity contribution in [2.24, 2.45) is 7.05 Å². The lowest BCUT2D eigenvalue weighted by atomic mass is 9.77. The Labute approximate surface area is 159 Å². The normalized spacial score (nSPS) is 19.6. The molecule has 0 aliphatic heterocycles. The van der Waals surface area contributed by atoms with Gasteiger partial charge in [0.2, 0.25) is 0 Å². The van der Waals surface area contributed by atoms with E-state index < -0.39 is 0 Å². The molecule has 0 bridgehead atoms. The average molecular weight is 419 g/mol. The highest BCUT2D eigenvalue weighted by Gasteiger charge is 2.34. The number of carbonyl (C=O) groups is 1. The maximum atomic E-state index is 12.5. The molecule has 0 spiro atoms. The minimum Gasteiger partial charge on any atom is -0.458 e. The molecule has 0 unspecified atom stereocenters. The van der Waals surface area contributed by atoms with Gasteiger partial charge in [0.05, 0.1) is 0 Å². The Balaban J connectivity index is 1.43. The summed E-state index contributed by atoms with van der Waals surface area (Å²) in [5, 5.41) is 1.61. The molecule has 1 saturated carbocycles. The first-order valence-corrected chi connectivity index (χ1v) is 9.40. The van der Waals surface area contributed by atoms with Gasteiger partial charge in [0.25, 0.3) is 0 Å². The standard InChI is InChI=1S/C20H17BrClNO2/c1-23-18-7-6-16(22)8-14(18)11-19(23)20(24)25-17-9-13(10-17)12-2-4-15(21)5-3-12/h2-8,11,13,17H,9-10H2,1H3. The summed E-state index contributed by atoms with van der Waals surface area (Å²) in [5.41, 5.74) is 2.83. The van der Waals surface area contributed by atoms with Crippen LogP contribution in [0, 0.1) is 0 Å². The first kappa shape index (κ1) is 16.7. The zero-order valence-electron chi connectivity index (χ0n) is 13.7. The Morgan fingerprint density at radius 3 is 2.60 bits per heavy atom. The lowest BCUT2D eigenvalue weighted by molar-refractivity contribution is 0.00118. The van der Waals surface area contributed by atoms with Crippen LogP contribution < -0.4 is 0 Å². The molecule has 1 aliphatic carbocycles. The van der Waals surface area contributed by atoms with E-state index in [4.69, 9.17) is 16.3 Å². The molecule has 3 aromatic rings. The summed E-state index contributed by atoms with van der Waals surface area (Å²) < 4.78 is 8.62. The Hall–Kier alpha value is -1.78. The highest BCUT2D eigenvalue weighted by atomic mass is 79.9. The third-order valence-corrected chi connectivity index (χ3v) is 5.69. The minimum atomic E-state index is -0.269. The monoisotopic (exact) mass is 417 g/mol. The van der Waals surface area contributed by atoms with Crippen LogP contribution in [0.4, 0.5) is 0 Å². The van der Waals surface area contributed by atoms with E-state index >= 15 is 0 Å². The quantitative estimate of drug-likeness (QED) is 0.511. The Kier molecular flexibility index (Phi) is 4.34. The predicted octanol–water partition coefficient (Wildman–Crippen LogP) is 5.70. The number of halogens is 2. The Morgan fingerprint density at radius 1 is 1.16 bits per heavy atom. The minimum absolute atomic E-state index is 0.0113. The van der Waals surface area contributed by atoms with Gasteiger partial charge in [0.1, 0.15) is 11.8 Å². The fourth-order valence-electron chi connectivity index (χ4n) is 3.40. The largest absolute Gasteiger partial charge is 0.458 e. The maximum Gasteiger partial charge on any atom is 0.355 e. The van der Waals surface area contributed by atoms with Crippen LogP contribution in [-0.2, 0) is 11.8 Å². The highest BCUT2D eigenvalue weighted by molar-refractivity contribution is 9.10. The molecule has 4 rings (SSSR count). The van der Waals surface area contributed by atoms with Gasteiger partial charge in [-0.1, -0.05) is 39.7 Å². The van der Waals surface area contributed by atoms with Crippen LogP contribution in [-0.4, -0.2) is 16.6 Å². The second kappa shape index (κ2) is 6.50. The van der Waals surface area contributed by atoms with Crippen LogP contribution in [0.2, 0.25) is 5.02 Å². The molecule has 1 fully saturated rings. The summed E-state index contributed by atoms with van der Waals surface area (Å²) in [4.78, 5) is 12.5. The molecule has 1 aromatic heterocycles. The summed E-state index contributed by atoms with van der Waals surface area (Å²) in [6.07, 6.45) is 1.74. The number of rotatable bonds is 3. The van der Waals surface area contributed by atoms with Crippen molar-refractivity contribution >= 4 is 44.4 Å². The van der Waals surface area contributed by atoms with Gasteiger partial charge in [0, 0.05) is 27.4 Å². The number of hydrogen-bond donors (Lipinski definition) is 0. The van der Waals surface area contributed by atoms with Crippen molar-refractivity contribution in [3.63, 3.8) is 0 Å². The maximum absolute atomic E-state index is 12.5. The number of carbonyl (C=O) groups excluding carboxylic acids is 1. The lowest BCUT2D eigenvalue weighted by Crippen LogP contribution is -2.32. The van der Waals surface area contributed by atoms with E-state index in [1.54, 1.807) is 0 Å². The lowest BCUT2D eigenvalue weighted by Gasteiger charge is -2.35. The summed E-state index contributed by atoms with van der Waals surface area (Å²) in [5.74, 6) is 0.200. The van der Waals surface area contributed by atoms with Gasteiger partial charge in [-0.25, -0.2) is 4.79 Å². The molecule has 5 heteroatoms. The summed E-state index contributed by atoms with van der Waals surface area (Å²) in [7, 11) is 1.87. The van der Waals surface area contributed by atoms with Crippen molar-refractivity contribution in [3.05, 3.63) is 69.3 Å². The summed E-state index contributed by atoms with van der Waals surface area (Å²) >= 11 is 9.48. The number of nitrogens with zero attached hydrogens (tertiary/aromatic N) is 1. The predicted molar refractivity (Wildman–Crippen MR) is 103 cm³/mol. The molecule has 3 nitrogen and oxygen atoms in total. The van der Waals surface area contributed by atoms with Crippen LogP contribution >= 0.6 is 27.5 Å². The highest BCUT2D eigenvalue weighted by Crippen LogP contribution is 2.39. The van der Waals surface area contributed by atoms with Crippen molar-refractivity contribution in [1.29, 1.82) is 0 Å². The van der Waals surface area contributed by atoms with E-state index in [0.29, 0.717) is 16.6 Å². The van der Waals surface area contributed by atoms with Gasteiger partial charge < -0.3 is 9.30 Å². The molecule has 0 radical (unpaired) electrons. The molecule has 0 saturated heterocycles. The number of fused-ring (bicyclic) bond motifs is 1. The Morgan fingerprint density at radius 2 is 1.88 bits per heavy atom. The zero-order chi connectivity index (χ0) is 17.6. The van der Waals surface area contributed by atoms with Gasteiger partial charge >= 0.3 is 5.97 Å². The Bertz CT molecular complexity index is 942. The molecular weight excluding hydrogens is 402 g/mol. The summed E-state index contributed by atoms with van der Waals surface area (Å²) in [6.45, 7) is 0. The van der Waals surface area contributed by atoms with Crippen LogP contribution in [0.15, 0.2) is 53.0 Å². The molecular formula is C20H17BrClNO2. The fourth-order valence-corrected chi connectivity index (χ4v) is 3.84. The number of ether oxygens (including phenoxy) is 1. The fraction of sp³-hybridized carbons (Fsp3) is 0.250. The van der Waals surface area contributed by atoms with Gasteiger partial charge in [-0.3, -0.25) is 0 Å². The van der Waals surface area contributed by atoms with Crippen molar-refractivity contribution < 1.29 is 9.53 Å². The molecule has 0 amide bonds. The van der Waals surface area contributed by atoms with E-state index in [1.807, 2.05) is 35.9 Å². The van der Waals surface area contributed by atoms with Gasteiger partial charge in [-0.15, -0.1) is 0 Å². The third kappa shape index (κ3) is 3.21. The number of aryl methyl sites for hydroxylation is 1. The smallest absolute Gasteiger partial charge is 0.355 e. The first-order valence-electron chi connectivity index (χ1n) is 8.22. The second-order valence-electron chi connectivity index (χ2n) is 6.54. The van der Waals surface area contributed by atoms with Crippen molar-refractivity contribution in [2.75, 3.05) is 0 Å². The van der Waals surface area contributed by atoms with Gasteiger partial charge in [0.15, 0.2) is 0 Å². The zero-order valence-corrected chi connectivity index (χ0v) is 16.0. The van der Waals surface area contributed by atoms with Crippen LogP contribution in [0.3, 0.4) is 0 Å². The van der Waals surface area contributed by atoms with Gasteiger partial charge in [-0.05, 0) is 60.7 Å². The molecule has 0 atom stereocenters. The van der Waals surface area contributed by atoms with Crippen LogP contribution in [0.5, 0.6) is 0 Å².